The van der Waals surface area contributed by atoms with Crippen molar-refractivity contribution in [3.8, 4) is 11.3 Å². The molecule has 0 unspecified atom stereocenters. The molecule has 1 aliphatic rings. The topological polar surface area (TPSA) is 59.8 Å². The predicted octanol–water partition coefficient (Wildman–Crippen LogP) is 4.79. The van der Waals surface area contributed by atoms with Crippen LogP contribution >= 0.6 is 0 Å². The summed E-state index contributed by atoms with van der Waals surface area (Å²) in [6.07, 6.45) is 0.387. The molecule has 0 spiro atoms. The number of nitrogens with zero attached hydrogens (tertiary/aromatic N) is 1. The van der Waals surface area contributed by atoms with Crippen LogP contribution in [0.1, 0.15) is 56.3 Å². The number of benzene rings is 1. The molecule has 0 N–H and O–H groups in total. The lowest BCUT2D eigenvalue weighted by molar-refractivity contribution is 0.0174. The van der Waals surface area contributed by atoms with Crippen molar-refractivity contribution in [2.75, 3.05) is 6.54 Å². The maximum Gasteiger partial charge on any atom is 0.410 e. The van der Waals surface area contributed by atoms with Gasteiger partial charge in [-0.1, -0.05) is 26.0 Å². The molecule has 1 amide bonds. The van der Waals surface area contributed by atoms with E-state index in [0.717, 1.165) is 11.1 Å². The third-order valence-electron chi connectivity index (χ3n) is 4.46. The molecular formula is C21H25NO4. The van der Waals surface area contributed by atoms with Crippen LogP contribution in [0.4, 0.5) is 4.79 Å². The molecule has 3 rings (SSSR count). The van der Waals surface area contributed by atoms with Gasteiger partial charge in [-0.05, 0) is 50.1 Å². The average molecular weight is 355 g/mol. The number of furan rings is 1. The van der Waals surface area contributed by atoms with E-state index in [0.29, 0.717) is 30.9 Å². The largest absolute Gasteiger partial charge is 0.453 e. The number of aldehydes is 1. The summed E-state index contributed by atoms with van der Waals surface area (Å²) in [6.45, 7) is 10.9. The van der Waals surface area contributed by atoms with Gasteiger partial charge >= 0.3 is 6.09 Å². The van der Waals surface area contributed by atoms with E-state index in [1.165, 1.54) is 5.56 Å². The third-order valence-corrected chi connectivity index (χ3v) is 4.46. The molecule has 1 aromatic heterocycles. The van der Waals surface area contributed by atoms with Crippen molar-refractivity contribution in [3.63, 3.8) is 0 Å². The number of carbonyl (C=O) groups is 2. The molecule has 5 nitrogen and oxygen atoms in total. The van der Waals surface area contributed by atoms with E-state index in [1.54, 1.807) is 17.0 Å². The van der Waals surface area contributed by atoms with Crippen molar-refractivity contribution in [1.82, 2.24) is 4.90 Å². The first-order valence-corrected chi connectivity index (χ1v) is 8.76. The van der Waals surface area contributed by atoms with Crippen LogP contribution in [0.2, 0.25) is 0 Å². The Balaban J connectivity index is 1.93. The summed E-state index contributed by atoms with van der Waals surface area (Å²) in [7, 11) is 0. The van der Waals surface area contributed by atoms with Gasteiger partial charge in [0.1, 0.15) is 11.4 Å². The van der Waals surface area contributed by atoms with Crippen LogP contribution in [0.3, 0.4) is 0 Å². The molecule has 138 valence electrons. The highest BCUT2D eigenvalue weighted by molar-refractivity contribution is 5.73. The van der Waals surface area contributed by atoms with Crippen LogP contribution in [0.25, 0.3) is 11.3 Å². The summed E-state index contributed by atoms with van der Waals surface area (Å²) in [5.74, 6) is 0.940. The number of hydrogen-bond acceptors (Lipinski definition) is 4. The molecule has 1 aromatic carbocycles. The lowest BCUT2D eigenvalue weighted by atomic mass is 9.78. The second-order valence-electron chi connectivity index (χ2n) is 8.41. The molecule has 26 heavy (non-hydrogen) atoms. The van der Waals surface area contributed by atoms with Crippen molar-refractivity contribution in [2.45, 2.75) is 52.2 Å². The van der Waals surface area contributed by atoms with Gasteiger partial charge in [0.2, 0.25) is 0 Å². The average Bonchev–Trinajstić information content (AvgIpc) is 3.01. The molecule has 1 aliphatic heterocycles. The van der Waals surface area contributed by atoms with Crippen molar-refractivity contribution in [2.24, 2.45) is 0 Å². The number of fused-ring (bicyclic) bond motifs is 1. The molecule has 2 heterocycles. The van der Waals surface area contributed by atoms with Crippen LogP contribution in [0.15, 0.2) is 34.7 Å². The first kappa shape index (κ1) is 18.2. The first-order valence-electron chi connectivity index (χ1n) is 8.76. The van der Waals surface area contributed by atoms with Crippen LogP contribution in [-0.2, 0) is 16.7 Å². The van der Waals surface area contributed by atoms with Crippen molar-refractivity contribution in [1.29, 1.82) is 0 Å². The zero-order chi connectivity index (χ0) is 19.1. The standard InChI is InChI=1S/C21H25NO4/c1-20(2,3)26-19(24)22-11-15-10-14(18-9-7-16(12-23)25-18)6-8-17(15)21(4,5)13-22/h6-10,12H,11,13H2,1-5H3. The summed E-state index contributed by atoms with van der Waals surface area (Å²) in [4.78, 5) is 25.2. The normalized spacial score (nSPS) is 16.1. The Bertz CT molecular complexity index is 842. The van der Waals surface area contributed by atoms with Crippen molar-refractivity contribution in [3.05, 3.63) is 47.2 Å². The third kappa shape index (κ3) is 3.66. The second-order valence-corrected chi connectivity index (χ2v) is 8.41. The first-order chi connectivity index (χ1) is 12.1. The molecule has 0 radical (unpaired) electrons. The summed E-state index contributed by atoms with van der Waals surface area (Å²) in [5, 5.41) is 0. The van der Waals surface area contributed by atoms with Crippen LogP contribution < -0.4 is 0 Å². The van der Waals surface area contributed by atoms with Gasteiger partial charge in [-0.3, -0.25) is 4.79 Å². The molecule has 0 aliphatic carbocycles. The minimum atomic E-state index is -0.525. The van der Waals surface area contributed by atoms with E-state index in [9.17, 15) is 9.59 Å². The quantitative estimate of drug-likeness (QED) is 0.727. The number of hydrogen-bond donors (Lipinski definition) is 0. The van der Waals surface area contributed by atoms with Crippen molar-refractivity contribution < 1.29 is 18.7 Å². The van der Waals surface area contributed by atoms with E-state index in [4.69, 9.17) is 9.15 Å². The van der Waals surface area contributed by atoms with Gasteiger partial charge < -0.3 is 14.1 Å². The second kappa shape index (κ2) is 6.31. The fraction of sp³-hybridized carbons (Fsp3) is 0.429. The van der Waals surface area contributed by atoms with Crippen LogP contribution in [0, 0.1) is 0 Å². The summed E-state index contributed by atoms with van der Waals surface area (Å²) in [5.41, 5.74) is 2.46. The van der Waals surface area contributed by atoms with E-state index in [-0.39, 0.29) is 11.5 Å². The van der Waals surface area contributed by atoms with Gasteiger partial charge in [0.15, 0.2) is 12.0 Å². The summed E-state index contributed by atoms with van der Waals surface area (Å²) in [6, 6.07) is 9.54. The number of amides is 1. The van der Waals surface area contributed by atoms with Crippen LogP contribution in [0.5, 0.6) is 0 Å². The number of carbonyl (C=O) groups excluding carboxylic acids is 2. The molecule has 0 fully saturated rings. The van der Waals surface area contributed by atoms with E-state index >= 15 is 0 Å². The van der Waals surface area contributed by atoms with E-state index in [2.05, 4.69) is 19.9 Å². The number of ether oxygens (including phenoxy) is 1. The Morgan fingerprint density at radius 3 is 2.58 bits per heavy atom. The minimum Gasteiger partial charge on any atom is -0.453 e. The van der Waals surface area contributed by atoms with Crippen LogP contribution in [-0.4, -0.2) is 29.4 Å². The molecule has 5 heteroatoms. The maximum absolute atomic E-state index is 12.6. The molecule has 0 saturated heterocycles. The van der Waals surface area contributed by atoms with Gasteiger partial charge in [0.25, 0.3) is 0 Å². The Hall–Kier alpha value is -2.56. The highest BCUT2D eigenvalue weighted by atomic mass is 16.6. The molecule has 0 bridgehead atoms. The Kier molecular flexibility index (Phi) is 4.42. The fourth-order valence-corrected chi connectivity index (χ4v) is 3.39. The predicted molar refractivity (Wildman–Crippen MR) is 99.2 cm³/mol. The Morgan fingerprint density at radius 2 is 1.96 bits per heavy atom. The SMILES string of the molecule is CC(C)(C)OC(=O)N1Cc2cc(-c3ccc(C=O)o3)ccc2C(C)(C)C1. The highest BCUT2D eigenvalue weighted by Crippen LogP contribution is 2.36. The van der Waals surface area contributed by atoms with Crippen molar-refractivity contribution >= 4 is 12.4 Å². The molecule has 0 saturated carbocycles. The van der Waals surface area contributed by atoms with Gasteiger partial charge in [0, 0.05) is 24.1 Å². The lowest BCUT2D eigenvalue weighted by Gasteiger charge is -2.40. The van der Waals surface area contributed by atoms with Gasteiger partial charge in [-0.15, -0.1) is 0 Å². The van der Waals surface area contributed by atoms with Gasteiger partial charge in [-0.25, -0.2) is 4.79 Å². The monoisotopic (exact) mass is 355 g/mol. The van der Waals surface area contributed by atoms with E-state index in [1.807, 2.05) is 32.9 Å². The fourth-order valence-electron chi connectivity index (χ4n) is 3.39. The van der Waals surface area contributed by atoms with Gasteiger partial charge in [-0.2, -0.15) is 0 Å². The molecule has 2 aromatic rings. The smallest absolute Gasteiger partial charge is 0.410 e. The zero-order valence-electron chi connectivity index (χ0n) is 16.0. The molecular weight excluding hydrogens is 330 g/mol. The summed E-state index contributed by atoms with van der Waals surface area (Å²) >= 11 is 0. The zero-order valence-corrected chi connectivity index (χ0v) is 16.0. The number of rotatable bonds is 2. The van der Waals surface area contributed by atoms with E-state index < -0.39 is 5.60 Å². The Labute approximate surface area is 153 Å². The maximum atomic E-state index is 12.6. The minimum absolute atomic E-state index is 0.180. The van der Waals surface area contributed by atoms with Gasteiger partial charge in [0.05, 0.1) is 0 Å². The molecule has 0 atom stereocenters. The lowest BCUT2D eigenvalue weighted by Crippen LogP contribution is -2.46. The Morgan fingerprint density at radius 1 is 1.23 bits per heavy atom. The highest BCUT2D eigenvalue weighted by Gasteiger charge is 2.35. The summed E-state index contributed by atoms with van der Waals surface area (Å²) < 4.78 is 11.1.